The molecule has 1 aromatic heterocycles. The molecule has 1 heterocycles. The van der Waals surface area contributed by atoms with E-state index in [9.17, 15) is 4.39 Å². The van der Waals surface area contributed by atoms with Gasteiger partial charge >= 0.3 is 0 Å². The van der Waals surface area contributed by atoms with E-state index in [1.165, 1.54) is 18.6 Å². The lowest BCUT2D eigenvalue weighted by Crippen LogP contribution is -2.24. The minimum Gasteiger partial charge on any atom is -0.494 e. The summed E-state index contributed by atoms with van der Waals surface area (Å²) in [5, 5.41) is 9.37. The van der Waals surface area contributed by atoms with Gasteiger partial charge in [0.25, 0.3) is 0 Å². The Bertz CT molecular complexity index is 533. The number of nitrogens with zero attached hydrogens (tertiary/aromatic N) is 2. The van der Waals surface area contributed by atoms with Gasteiger partial charge < -0.3 is 10.1 Å². The van der Waals surface area contributed by atoms with Gasteiger partial charge in [-0.15, -0.1) is 5.10 Å². The van der Waals surface area contributed by atoms with Crippen molar-refractivity contribution in [1.29, 1.82) is 0 Å². The van der Waals surface area contributed by atoms with Gasteiger partial charge in [-0.1, -0.05) is 23.5 Å². The van der Waals surface area contributed by atoms with Crippen LogP contribution in [0.25, 0.3) is 0 Å². The van der Waals surface area contributed by atoms with Crippen LogP contribution in [0.3, 0.4) is 0 Å². The van der Waals surface area contributed by atoms with Gasteiger partial charge in [0.05, 0.1) is 18.8 Å². The first-order valence-corrected chi connectivity index (χ1v) is 7.41. The van der Waals surface area contributed by atoms with Crippen LogP contribution in [0.5, 0.6) is 5.75 Å². The molecule has 20 heavy (non-hydrogen) atoms. The van der Waals surface area contributed by atoms with Crippen molar-refractivity contribution in [3.63, 3.8) is 0 Å². The van der Waals surface area contributed by atoms with Crippen molar-refractivity contribution < 1.29 is 9.13 Å². The molecule has 0 aliphatic carbocycles. The van der Waals surface area contributed by atoms with Crippen LogP contribution in [-0.2, 0) is 6.42 Å². The summed E-state index contributed by atoms with van der Waals surface area (Å²) < 4.78 is 23.1. The molecule has 0 amide bonds. The minimum atomic E-state index is -0.304. The molecule has 0 aliphatic rings. The van der Waals surface area contributed by atoms with E-state index in [1.807, 2.05) is 5.38 Å². The first kappa shape index (κ1) is 14.9. The summed E-state index contributed by atoms with van der Waals surface area (Å²) in [6, 6.07) is 5.17. The first-order valence-electron chi connectivity index (χ1n) is 6.58. The maximum absolute atomic E-state index is 14.2. The number of methoxy groups -OCH3 is 1. The van der Waals surface area contributed by atoms with E-state index < -0.39 is 0 Å². The van der Waals surface area contributed by atoms with Crippen molar-refractivity contribution in [2.75, 3.05) is 13.7 Å². The van der Waals surface area contributed by atoms with E-state index in [-0.39, 0.29) is 17.6 Å². The average molecular weight is 295 g/mol. The lowest BCUT2D eigenvalue weighted by Gasteiger charge is -2.17. The number of rotatable bonds is 7. The number of hydrogen-bond acceptors (Lipinski definition) is 5. The quantitative estimate of drug-likeness (QED) is 0.853. The zero-order chi connectivity index (χ0) is 14.4. The lowest BCUT2D eigenvalue weighted by atomic mass is 10.0. The maximum Gasteiger partial charge on any atom is 0.168 e. The molecule has 0 saturated heterocycles. The molecule has 108 valence electrons. The summed E-state index contributed by atoms with van der Waals surface area (Å²) in [5.74, 6) is -0.0327. The van der Waals surface area contributed by atoms with Crippen LogP contribution >= 0.6 is 11.5 Å². The fraction of sp³-hybridized carbons (Fsp3) is 0.429. The summed E-state index contributed by atoms with van der Waals surface area (Å²) in [4.78, 5) is 0. The fourth-order valence-corrected chi connectivity index (χ4v) is 2.52. The Morgan fingerprint density at radius 1 is 1.45 bits per heavy atom. The number of nitrogens with one attached hydrogen (secondary N) is 1. The highest BCUT2D eigenvalue weighted by molar-refractivity contribution is 7.03. The third kappa shape index (κ3) is 3.52. The maximum atomic E-state index is 14.2. The summed E-state index contributed by atoms with van der Waals surface area (Å²) in [6.07, 6.45) is 1.53. The van der Waals surface area contributed by atoms with Crippen molar-refractivity contribution in [3.05, 3.63) is 40.7 Å². The van der Waals surface area contributed by atoms with Gasteiger partial charge in [0, 0.05) is 5.38 Å². The molecule has 1 atom stereocenters. The van der Waals surface area contributed by atoms with Crippen molar-refractivity contribution in [1.82, 2.24) is 14.9 Å². The Hall–Kier alpha value is -1.53. The highest BCUT2D eigenvalue weighted by atomic mass is 32.1. The van der Waals surface area contributed by atoms with Gasteiger partial charge in [0.15, 0.2) is 11.6 Å². The SMILES string of the molecule is CCCNC(Cc1cccc(OC)c1F)c1csnn1. The highest BCUT2D eigenvalue weighted by Gasteiger charge is 2.18. The fourth-order valence-electron chi connectivity index (χ4n) is 2.01. The van der Waals surface area contributed by atoms with Gasteiger partial charge in [-0.3, -0.25) is 0 Å². The molecule has 0 radical (unpaired) electrons. The molecule has 0 spiro atoms. The first-order chi connectivity index (χ1) is 9.76. The monoisotopic (exact) mass is 295 g/mol. The molecule has 0 aliphatic heterocycles. The standard InChI is InChI=1S/C14H18FN3OS/c1-3-7-16-11(12-9-20-18-17-12)8-10-5-4-6-13(19-2)14(10)15/h4-6,9,11,16H,3,7-8H2,1-2H3. The summed E-state index contributed by atoms with van der Waals surface area (Å²) in [6.45, 7) is 2.95. The Balaban J connectivity index is 2.19. The van der Waals surface area contributed by atoms with E-state index >= 15 is 0 Å². The molecule has 1 N–H and O–H groups in total. The van der Waals surface area contributed by atoms with Crippen LogP contribution in [0.15, 0.2) is 23.6 Å². The molecule has 0 bridgehead atoms. The second-order valence-corrected chi connectivity index (χ2v) is 5.08. The second kappa shape index (κ2) is 7.31. The predicted molar refractivity (Wildman–Crippen MR) is 77.6 cm³/mol. The molecule has 2 aromatic rings. The predicted octanol–water partition coefficient (Wildman–Crippen LogP) is 2.97. The van der Waals surface area contributed by atoms with E-state index in [2.05, 4.69) is 21.8 Å². The topological polar surface area (TPSA) is 47.0 Å². The second-order valence-electron chi connectivity index (χ2n) is 4.47. The highest BCUT2D eigenvalue weighted by Crippen LogP contribution is 2.24. The molecule has 2 rings (SSSR count). The van der Waals surface area contributed by atoms with Crippen LogP contribution in [0, 0.1) is 5.82 Å². The third-order valence-corrected chi connectivity index (χ3v) is 3.58. The molecule has 1 unspecified atom stereocenters. The smallest absolute Gasteiger partial charge is 0.168 e. The van der Waals surface area contributed by atoms with Crippen LogP contribution < -0.4 is 10.1 Å². The Kier molecular flexibility index (Phi) is 5.43. The van der Waals surface area contributed by atoms with Crippen molar-refractivity contribution >= 4 is 11.5 Å². The van der Waals surface area contributed by atoms with E-state index in [0.29, 0.717) is 12.0 Å². The van der Waals surface area contributed by atoms with Crippen LogP contribution in [0.4, 0.5) is 4.39 Å². The minimum absolute atomic E-state index is 0.0321. The molecule has 6 heteroatoms. The molecular formula is C14H18FN3OS. The molecule has 0 saturated carbocycles. The van der Waals surface area contributed by atoms with Crippen molar-refractivity contribution in [2.24, 2.45) is 0 Å². The van der Waals surface area contributed by atoms with Gasteiger partial charge in [0.2, 0.25) is 0 Å². The Morgan fingerprint density at radius 2 is 2.30 bits per heavy atom. The van der Waals surface area contributed by atoms with Crippen molar-refractivity contribution in [2.45, 2.75) is 25.8 Å². The number of halogens is 1. The Labute approximate surface area is 122 Å². The normalized spacial score (nSPS) is 12.3. The zero-order valence-electron chi connectivity index (χ0n) is 11.6. The van der Waals surface area contributed by atoms with Gasteiger partial charge in [-0.25, -0.2) is 4.39 Å². The molecule has 1 aromatic carbocycles. The van der Waals surface area contributed by atoms with Crippen LogP contribution in [0.2, 0.25) is 0 Å². The molecular weight excluding hydrogens is 277 g/mol. The summed E-state index contributed by atoms with van der Waals surface area (Å²) in [5.41, 5.74) is 1.47. The average Bonchev–Trinajstić information content (AvgIpc) is 2.99. The van der Waals surface area contributed by atoms with Gasteiger partial charge in [0.1, 0.15) is 0 Å². The van der Waals surface area contributed by atoms with Crippen molar-refractivity contribution in [3.8, 4) is 5.75 Å². The number of aromatic nitrogens is 2. The Morgan fingerprint density at radius 3 is 2.95 bits per heavy atom. The van der Waals surface area contributed by atoms with Crippen LogP contribution in [0.1, 0.15) is 30.6 Å². The third-order valence-electron chi connectivity index (χ3n) is 3.06. The number of hydrogen-bond donors (Lipinski definition) is 1. The molecule has 0 fully saturated rings. The summed E-state index contributed by atoms with van der Waals surface area (Å²) >= 11 is 1.30. The largest absolute Gasteiger partial charge is 0.494 e. The summed E-state index contributed by atoms with van der Waals surface area (Å²) in [7, 11) is 1.47. The van der Waals surface area contributed by atoms with Gasteiger partial charge in [-0.2, -0.15) is 0 Å². The van der Waals surface area contributed by atoms with Gasteiger partial charge in [-0.05, 0) is 42.5 Å². The van der Waals surface area contributed by atoms with E-state index in [0.717, 1.165) is 18.7 Å². The van der Waals surface area contributed by atoms with E-state index in [1.54, 1.807) is 18.2 Å². The van der Waals surface area contributed by atoms with Crippen LogP contribution in [-0.4, -0.2) is 23.2 Å². The lowest BCUT2D eigenvalue weighted by molar-refractivity contribution is 0.382. The van der Waals surface area contributed by atoms with E-state index in [4.69, 9.17) is 4.74 Å². The zero-order valence-corrected chi connectivity index (χ0v) is 12.4. The number of benzene rings is 1. The molecule has 4 nitrogen and oxygen atoms in total. The number of ether oxygens (including phenoxy) is 1.